The number of rotatable bonds is 6. The van der Waals surface area contributed by atoms with Crippen LogP contribution in [-0.2, 0) is 4.74 Å². The van der Waals surface area contributed by atoms with Gasteiger partial charge in [0.05, 0.1) is 6.10 Å². The second-order valence-corrected chi connectivity index (χ2v) is 7.15. The zero-order chi connectivity index (χ0) is 17.5. The average Bonchev–Trinajstić information content (AvgIpc) is 3.33. The van der Waals surface area contributed by atoms with Gasteiger partial charge in [0.2, 0.25) is 0 Å². The summed E-state index contributed by atoms with van der Waals surface area (Å²) < 4.78 is 5.63. The third kappa shape index (κ3) is 4.95. The highest BCUT2D eigenvalue weighted by atomic mass is 16.5. The van der Waals surface area contributed by atoms with Crippen LogP contribution in [0.15, 0.2) is 35.3 Å². The van der Waals surface area contributed by atoms with E-state index in [1.54, 1.807) is 7.11 Å². The van der Waals surface area contributed by atoms with Crippen molar-refractivity contribution in [3.8, 4) is 0 Å². The van der Waals surface area contributed by atoms with Gasteiger partial charge in [-0.2, -0.15) is 0 Å². The molecule has 1 aliphatic heterocycles. The lowest BCUT2D eigenvalue weighted by Crippen LogP contribution is -2.46. The maximum absolute atomic E-state index is 5.63. The standard InChI is InChI=1S/C20H32N4O/c1-21-20(22-14-19(25-2)16-8-4-3-5-9-16)23-17-12-13-24(15-17)18-10-6-7-11-18/h3-5,8-9,17-19H,6-7,10-15H2,1-2H3,(H2,21,22,23). The van der Waals surface area contributed by atoms with Crippen LogP contribution in [0.1, 0.15) is 43.8 Å². The number of hydrogen-bond acceptors (Lipinski definition) is 3. The third-order valence-electron chi connectivity index (χ3n) is 5.54. The number of hydrogen-bond donors (Lipinski definition) is 2. The Kier molecular flexibility index (Phi) is 6.70. The lowest BCUT2D eigenvalue weighted by atomic mass is 10.1. The molecular weight excluding hydrogens is 312 g/mol. The van der Waals surface area contributed by atoms with Gasteiger partial charge < -0.3 is 15.4 Å². The number of guanidine groups is 1. The van der Waals surface area contributed by atoms with Gasteiger partial charge in [0.1, 0.15) is 0 Å². The van der Waals surface area contributed by atoms with E-state index in [0.29, 0.717) is 12.6 Å². The van der Waals surface area contributed by atoms with Gasteiger partial charge in [0, 0.05) is 45.9 Å². The summed E-state index contributed by atoms with van der Waals surface area (Å²) >= 11 is 0. The molecule has 1 aromatic rings. The largest absolute Gasteiger partial charge is 0.375 e. The molecule has 5 heteroatoms. The van der Waals surface area contributed by atoms with E-state index in [0.717, 1.165) is 18.5 Å². The molecule has 5 nitrogen and oxygen atoms in total. The number of methoxy groups -OCH3 is 1. The van der Waals surface area contributed by atoms with Crippen LogP contribution in [0.5, 0.6) is 0 Å². The van der Waals surface area contributed by atoms with Gasteiger partial charge in [-0.3, -0.25) is 9.89 Å². The zero-order valence-corrected chi connectivity index (χ0v) is 15.6. The molecule has 0 bridgehead atoms. The Morgan fingerprint density at radius 2 is 2.00 bits per heavy atom. The summed E-state index contributed by atoms with van der Waals surface area (Å²) in [7, 11) is 3.59. The summed E-state index contributed by atoms with van der Waals surface area (Å²) in [6.45, 7) is 3.06. The molecule has 2 aliphatic rings. The summed E-state index contributed by atoms with van der Waals surface area (Å²) in [5.74, 6) is 0.872. The Bertz CT molecular complexity index is 542. The van der Waals surface area contributed by atoms with E-state index < -0.39 is 0 Å². The molecule has 1 heterocycles. The van der Waals surface area contributed by atoms with Gasteiger partial charge in [0.25, 0.3) is 0 Å². The molecule has 25 heavy (non-hydrogen) atoms. The Hall–Kier alpha value is -1.59. The Morgan fingerprint density at radius 3 is 2.68 bits per heavy atom. The Labute approximate surface area is 151 Å². The van der Waals surface area contributed by atoms with E-state index in [2.05, 4.69) is 32.7 Å². The first-order valence-electron chi connectivity index (χ1n) is 9.59. The molecule has 2 atom stereocenters. The predicted molar refractivity (Wildman–Crippen MR) is 103 cm³/mol. The first kappa shape index (κ1) is 18.2. The van der Waals surface area contributed by atoms with Crippen molar-refractivity contribution in [2.45, 2.75) is 50.3 Å². The molecule has 1 aromatic carbocycles. The fourth-order valence-electron chi connectivity index (χ4n) is 4.09. The van der Waals surface area contributed by atoms with Crippen LogP contribution in [0.2, 0.25) is 0 Å². The fraction of sp³-hybridized carbons (Fsp3) is 0.650. The monoisotopic (exact) mass is 344 g/mol. The van der Waals surface area contributed by atoms with Gasteiger partial charge in [-0.15, -0.1) is 0 Å². The number of ether oxygens (including phenoxy) is 1. The second-order valence-electron chi connectivity index (χ2n) is 7.15. The minimum atomic E-state index is 0.0262. The predicted octanol–water partition coefficient (Wildman–Crippen LogP) is 2.56. The molecule has 0 spiro atoms. The Morgan fingerprint density at radius 1 is 1.24 bits per heavy atom. The van der Waals surface area contributed by atoms with E-state index in [-0.39, 0.29) is 6.10 Å². The van der Waals surface area contributed by atoms with Crippen molar-refractivity contribution < 1.29 is 4.74 Å². The highest BCUT2D eigenvalue weighted by molar-refractivity contribution is 5.80. The number of benzene rings is 1. The van der Waals surface area contributed by atoms with Crippen molar-refractivity contribution in [2.75, 3.05) is 33.8 Å². The molecular formula is C20H32N4O. The number of nitrogens with zero attached hydrogens (tertiary/aromatic N) is 2. The quantitative estimate of drug-likeness (QED) is 0.615. The molecule has 0 amide bonds. The first-order chi connectivity index (χ1) is 12.3. The van der Waals surface area contributed by atoms with Crippen molar-refractivity contribution in [1.82, 2.24) is 15.5 Å². The minimum absolute atomic E-state index is 0.0262. The van der Waals surface area contributed by atoms with Crippen molar-refractivity contribution in [2.24, 2.45) is 4.99 Å². The van der Waals surface area contributed by atoms with E-state index in [1.807, 2.05) is 25.2 Å². The van der Waals surface area contributed by atoms with Crippen molar-refractivity contribution >= 4 is 5.96 Å². The topological polar surface area (TPSA) is 48.9 Å². The summed E-state index contributed by atoms with van der Waals surface area (Å²) in [5.41, 5.74) is 1.18. The summed E-state index contributed by atoms with van der Waals surface area (Å²) in [4.78, 5) is 7.06. The molecule has 1 saturated heterocycles. The molecule has 2 N–H and O–H groups in total. The van der Waals surface area contributed by atoms with Crippen molar-refractivity contribution in [1.29, 1.82) is 0 Å². The summed E-state index contributed by atoms with van der Waals surface area (Å²) in [5, 5.41) is 7.02. The average molecular weight is 345 g/mol. The van der Waals surface area contributed by atoms with Crippen LogP contribution < -0.4 is 10.6 Å². The summed E-state index contributed by atoms with van der Waals surface area (Å²) in [6, 6.07) is 11.6. The molecule has 2 unspecified atom stereocenters. The minimum Gasteiger partial charge on any atom is -0.375 e. The molecule has 1 aliphatic carbocycles. The van der Waals surface area contributed by atoms with Crippen LogP contribution in [0.3, 0.4) is 0 Å². The molecule has 0 radical (unpaired) electrons. The maximum Gasteiger partial charge on any atom is 0.191 e. The molecule has 2 fully saturated rings. The van der Waals surface area contributed by atoms with Crippen LogP contribution in [0.25, 0.3) is 0 Å². The van der Waals surface area contributed by atoms with Gasteiger partial charge in [-0.05, 0) is 24.8 Å². The molecule has 138 valence electrons. The van der Waals surface area contributed by atoms with Crippen molar-refractivity contribution in [3.63, 3.8) is 0 Å². The summed E-state index contributed by atoms with van der Waals surface area (Å²) in [6.07, 6.45) is 6.79. The lowest BCUT2D eigenvalue weighted by Gasteiger charge is -2.24. The zero-order valence-electron chi connectivity index (χ0n) is 15.6. The molecule has 3 rings (SSSR count). The van der Waals surface area contributed by atoms with Gasteiger partial charge in [0.15, 0.2) is 5.96 Å². The highest BCUT2D eigenvalue weighted by Crippen LogP contribution is 2.26. The van der Waals surface area contributed by atoms with E-state index in [4.69, 9.17) is 4.74 Å². The molecule has 0 aromatic heterocycles. The maximum atomic E-state index is 5.63. The van der Waals surface area contributed by atoms with Crippen LogP contribution in [0, 0.1) is 0 Å². The van der Waals surface area contributed by atoms with Gasteiger partial charge in [-0.1, -0.05) is 43.2 Å². The number of likely N-dealkylation sites (tertiary alicyclic amines) is 1. The molecule has 1 saturated carbocycles. The third-order valence-corrected chi connectivity index (χ3v) is 5.54. The van der Waals surface area contributed by atoms with Gasteiger partial charge in [-0.25, -0.2) is 0 Å². The van der Waals surface area contributed by atoms with E-state index in [9.17, 15) is 0 Å². The van der Waals surface area contributed by atoms with Crippen LogP contribution >= 0.6 is 0 Å². The normalized spacial score (nSPS) is 23.8. The fourth-order valence-corrected chi connectivity index (χ4v) is 4.09. The second kappa shape index (κ2) is 9.20. The van der Waals surface area contributed by atoms with Crippen molar-refractivity contribution in [3.05, 3.63) is 35.9 Å². The lowest BCUT2D eigenvalue weighted by molar-refractivity contribution is 0.106. The van der Waals surface area contributed by atoms with Crippen LogP contribution in [0.4, 0.5) is 0 Å². The van der Waals surface area contributed by atoms with Crippen LogP contribution in [-0.4, -0.2) is 56.7 Å². The smallest absolute Gasteiger partial charge is 0.191 e. The first-order valence-corrected chi connectivity index (χ1v) is 9.59. The van der Waals surface area contributed by atoms with E-state index >= 15 is 0 Å². The SMILES string of the molecule is CN=C(NCC(OC)c1ccccc1)NC1CCN(C2CCCC2)C1. The Balaban J connectivity index is 1.46. The van der Waals surface area contributed by atoms with E-state index in [1.165, 1.54) is 44.2 Å². The number of aliphatic imine (C=N–C) groups is 1. The van der Waals surface area contributed by atoms with Gasteiger partial charge >= 0.3 is 0 Å². The number of nitrogens with one attached hydrogen (secondary N) is 2. The highest BCUT2D eigenvalue weighted by Gasteiger charge is 2.30.